The third-order valence-electron chi connectivity index (χ3n) is 3.34. The van der Waals surface area contributed by atoms with Gasteiger partial charge < -0.3 is 4.90 Å². The predicted molar refractivity (Wildman–Crippen MR) is 79.1 cm³/mol. The first-order valence-corrected chi connectivity index (χ1v) is 8.53. The minimum atomic E-state index is -3.07. The van der Waals surface area contributed by atoms with E-state index in [9.17, 15) is 13.2 Å². The topological polar surface area (TPSA) is 67.3 Å². The molecule has 0 aromatic carbocycles. The number of carbonyl (C=O) groups excluding carboxylic acids is 1. The summed E-state index contributed by atoms with van der Waals surface area (Å²) in [6.45, 7) is 3.38. The van der Waals surface area contributed by atoms with Gasteiger partial charge in [-0.25, -0.2) is 8.42 Å². The van der Waals surface area contributed by atoms with Gasteiger partial charge in [0.1, 0.15) is 0 Å². The Morgan fingerprint density at radius 1 is 1.45 bits per heavy atom. The van der Waals surface area contributed by atoms with Crippen LogP contribution in [0.2, 0.25) is 0 Å². The van der Waals surface area contributed by atoms with Crippen molar-refractivity contribution >= 4 is 15.7 Å². The second-order valence-corrected chi connectivity index (χ2v) is 7.31. The van der Waals surface area contributed by atoms with E-state index in [-0.39, 0.29) is 23.5 Å². The molecular formula is C14H22N2O3S. The zero-order valence-corrected chi connectivity index (χ0v) is 13.1. The highest BCUT2D eigenvalue weighted by molar-refractivity contribution is 7.91. The van der Waals surface area contributed by atoms with Crippen molar-refractivity contribution in [2.45, 2.75) is 32.7 Å². The van der Waals surface area contributed by atoms with Gasteiger partial charge in [-0.05, 0) is 25.0 Å². The number of nitrogens with zero attached hydrogens (tertiary/aromatic N) is 2. The average Bonchev–Trinajstić information content (AvgIpc) is 2.44. The Labute approximate surface area is 120 Å². The molecule has 0 saturated heterocycles. The maximum Gasteiger partial charge on any atom is 0.222 e. The number of aromatic nitrogens is 1. The van der Waals surface area contributed by atoms with Crippen molar-refractivity contribution in [3.05, 3.63) is 30.1 Å². The van der Waals surface area contributed by atoms with E-state index in [0.717, 1.165) is 5.56 Å². The van der Waals surface area contributed by atoms with E-state index in [0.29, 0.717) is 12.8 Å². The highest BCUT2D eigenvalue weighted by Crippen LogP contribution is 2.07. The van der Waals surface area contributed by atoms with Crippen LogP contribution in [0.15, 0.2) is 24.5 Å². The maximum absolute atomic E-state index is 12.0. The second kappa shape index (κ2) is 7.38. The van der Waals surface area contributed by atoms with Gasteiger partial charge in [-0.3, -0.25) is 9.78 Å². The monoisotopic (exact) mass is 298 g/mol. The fourth-order valence-corrected chi connectivity index (χ4v) is 3.01. The lowest BCUT2D eigenvalue weighted by Gasteiger charge is -2.24. The molecule has 1 amide bonds. The minimum Gasteiger partial charge on any atom is -0.342 e. The number of hydrogen-bond acceptors (Lipinski definition) is 4. The van der Waals surface area contributed by atoms with Gasteiger partial charge in [-0.2, -0.15) is 0 Å². The zero-order valence-electron chi connectivity index (χ0n) is 12.2. The Hall–Kier alpha value is -1.43. The Kier molecular flexibility index (Phi) is 6.13. The van der Waals surface area contributed by atoms with Crippen molar-refractivity contribution in [1.29, 1.82) is 0 Å². The van der Waals surface area contributed by atoms with Crippen LogP contribution in [0.3, 0.4) is 0 Å². The molecule has 0 aliphatic carbocycles. The first-order chi connectivity index (χ1) is 9.35. The molecule has 20 heavy (non-hydrogen) atoms. The van der Waals surface area contributed by atoms with E-state index >= 15 is 0 Å². The van der Waals surface area contributed by atoms with Gasteiger partial charge in [-0.15, -0.1) is 0 Å². The van der Waals surface area contributed by atoms with Crippen LogP contribution in [0.1, 0.15) is 25.8 Å². The number of rotatable bonds is 7. The number of aryl methyl sites for hydroxylation is 1. The van der Waals surface area contributed by atoms with Crippen LogP contribution < -0.4 is 0 Å². The molecule has 0 bridgehead atoms. The van der Waals surface area contributed by atoms with Crippen LogP contribution in [0.4, 0.5) is 0 Å². The summed E-state index contributed by atoms with van der Waals surface area (Å²) in [4.78, 5) is 17.6. The molecule has 1 atom stereocenters. The molecule has 0 aliphatic rings. The Morgan fingerprint density at radius 2 is 2.15 bits per heavy atom. The molecule has 5 nitrogen and oxygen atoms in total. The highest BCUT2D eigenvalue weighted by atomic mass is 32.2. The zero-order chi connectivity index (χ0) is 15.2. The largest absolute Gasteiger partial charge is 0.342 e. The number of pyridine rings is 1. The van der Waals surface area contributed by atoms with Crippen molar-refractivity contribution < 1.29 is 13.2 Å². The molecule has 1 aromatic heterocycles. The number of sulfone groups is 1. The quantitative estimate of drug-likeness (QED) is 0.761. The molecule has 0 fully saturated rings. The third-order valence-corrected chi connectivity index (χ3v) is 5.21. The smallest absolute Gasteiger partial charge is 0.222 e. The Balaban J connectivity index is 2.50. The molecule has 0 aliphatic heterocycles. The number of carbonyl (C=O) groups is 1. The number of amides is 1. The molecule has 1 rings (SSSR count). The van der Waals surface area contributed by atoms with E-state index in [4.69, 9.17) is 0 Å². The van der Waals surface area contributed by atoms with Gasteiger partial charge >= 0.3 is 0 Å². The summed E-state index contributed by atoms with van der Waals surface area (Å²) in [5.74, 6) is 0.0703. The highest BCUT2D eigenvalue weighted by Gasteiger charge is 2.20. The van der Waals surface area contributed by atoms with Crippen LogP contribution >= 0.6 is 0 Å². The normalized spacial score (nSPS) is 12.9. The molecule has 0 saturated carbocycles. The van der Waals surface area contributed by atoms with Gasteiger partial charge in [0.05, 0.1) is 5.75 Å². The van der Waals surface area contributed by atoms with Gasteiger partial charge in [0.15, 0.2) is 9.84 Å². The SMILES string of the molecule is CCS(=O)(=O)C[C@H](C)N(C)C(=O)CCc1cccnc1. The van der Waals surface area contributed by atoms with Crippen molar-refractivity contribution in [3.63, 3.8) is 0 Å². The van der Waals surface area contributed by atoms with E-state index in [2.05, 4.69) is 4.98 Å². The second-order valence-electron chi connectivity index (χ2n) is 4.91. The molecular weight excluding hydrogens is 276 g/mol. The fraction of sp³-hybridized carbons (Fsp3) is 0.571. The summed E-state index contributed by atoms with van der Waals surface area (Å²) in [6, 6.07) is 3.45. The molecule has 0 spiro atoms. The predicted octanol–water partition coefficient (Wildman–Crippen LogP) is 1.30. The van der Waals surface area contributed by atoms with Gasteiger partial charge in [0.2, 0.25) is 5.91 Å². The summed E-state index contributed by atoms with van der Waals surface area (Å²) < 4.78 is 23.1. The van der Waals surface area contributed by atoms with E-state index in [1.54, 1.807) is 33.3 Å². The summed E-state index contributed by atoms with van der Waals surface area (Å²) >= 11 is 0. The van der Waals surface area contributed by atoms with Crippen molar-refractivity contribution in [2.24, 2.45) is 0 Å². The minimum absolute atomic E-state index is 0.0125. The molecule has 112 valence electrons. The Morgan fingerprint density at radius 3 is 2.70 bits per heavy atom. The van der Waals surface area contributed by atoms with Crippen LogP contribution in [0.5, 0.6) is 0 Å². The van der Waals surface area contributed by atoms with E-state index in [1.165, 1.54) is 4.90 Å². The average molecular weight is 298 g/mol. The van der Waals surface area contributed by atoms with Crippen LogP contribution in [0, 0.1) is 0 Å². The fourth-order valence-electron chi connectivity index (χ4n) is 1.82. The summed E-state index contributed by atoms with van der Waals surface area (Å²) in [6.07, 6.45) is 4.40. The van der Waals surface area contributed by atoms with Crippen molar-refractivity contribution in [2.75, 3.05) is 18.6 Å². The molecule has 0 unspecified atom stereocenters. The first kappa shape index (κ1) is 16.6. The van der Waals surface area contributed by atoms with Crippen molar-refractivity contribution in [1.82, 2.24) is 9.88 Å². The summed E-state index contributed by atoms with van der Waals surface area (Å²) in [5.41, 5.74) is 1.00. The van der Waals surface area contributed by atoms with E-state index < -0.39 is 9.84 Å². The van der Waals surface area contributed by atoms with Crippen molar-refractivity contribution in [3.8, 4) is 0 Å². The summed E-state index contributed by atoms with van der Waals surface area (Å²) in [5, 5.41) is 0. The molecule has 0 N–H and O–H groups in total. The third kappa shape index (κ3) is 5.28. The van der Waals surface area contributed by atoms with Gasteiger partial charge in [0, 0.05) is 37.7 Å². The first-order valence-electron chi connectivity index (χ1n) is 6.70. The molecule has 1 aromatic rings. The Bertz CT molecular complexity index is 529. The lowest BCUT2D eigenvalue weighted by molar-refractivity contribution is -0.131. The molecule has 1 heterocycles. The summed E-state index contributed by atoms with van der Waals surface area (Å²) in [7, 11) is -1.41. The lowest BCUT2D eigenvalue weighted by Crippen LogP contribution is -2.39. The lowest BCUT2D eigenvalue weighted by atomic mass is 10.1. The molecule has 0 radical (unpaired) electrons. The van der Waals surface area contributed by atoms with Gasteiger partial charge in [0.25, 0.3) is 0 Å². The van der Waals surface area contributed by atoms with Crippen LogP contribution in [0.25, 0.3) is 0 Å². The van der Waals surface area contributed by atoms with E-state index in [1.807, 2.05) is 12.1 Å². The standard InChI is InChI=1S/C14H22N2O3S/c1-4-20(18,19)11-12(2)16(3)14(17)8-7-13-6-5-9-15-10-13/h5-6,9-10,12H,4,7-8,11H2,1-3H3/t12-/m0/s1. The van der Waals surface area contributed by atoms with Crippen LogP contribution in [-0.2, 0) is 21.1 Å². The molecule has 6 heteroatoms. The maximum atomic E-state index is 12.0. The number of hydrogen-bond donors (Lipinski definition) is 0. The van der Waals surface area contributed by atoms with Crippen LogP contribution in [-0.4, -0.2) is 48.8 Å². The van der Waals surface area contributed by atoms with Gasteiger partial charge in [-0.1, -0.05) is 13.0 Å².